The SMILES string of the molecule is C=CCN1CC[C@]23c4c5c(OC(C)=O)cc(O)c4O[C@H]2[C@@H](N(CC(C)C)S(=O)(=O)Cc2ccccc2)CC[C@H]3[C@H]1C5. The number of aromatic hydroxyl groups is 1. The van der Waals surface area contributed by atoms with Crippen molar-refractivity contribution in [1.29, 1.82) is 0 Å². The van der Waals surface area contributed by atoms with Crippen LogP contribution in [-0.4, -0.2) is 66.5 Å². The molecule has 0 unspecified atom stereocenters. The largest absolute Gasteiger partial charge is 0.504 e. The number of rotatable bonds is 9. The van der Waals surface area contributed by atoms with Crippen LogP contribution in [0.4, 0.5) is 0 Å². The van der Waals surface area contributed by atoms with E-state index in [1.807, 2.05) is 50.3 Å². The summed E-state index contributed by atoms with van der Waals surface area (Å²) in [6, 6.07) is 10.6. The number of hydrogen-bond acceptors (Lipinski definition) is 7. The van der Waals surface area contributed by atoms with Gasteiger partial charge in [0, 0.05) is 48.7 Å². The van der Waals surface area contributed by atoms with Gasteiger partial charge in [0.1, 0.15) is 11.9 Å². The highest BCUT2D eigenvalue weighted by atomic mass is 32.2. The van der Waals surface area contributed by atoms with Crippen molar-refractivity contribution < 1.29 is 27.8 Å². The van der Waals surface area contributed by atoms with Crippen molar-refractivity contribution in [3.8, 4) is 17.2 Å². The van der Waals surface area contributed by atoms with Crippen LogP contribution in [-0.2, 0) is 32.4 Å². The van der Waals surface area contributed by atoms with Gasteiger partial charge in [0.2, 0.25) is 10.0 Å². The second kappa shape index (κ2) is 10.4. The predicted molar refractivity (Wildman–Crippen MR) is 157 cm³/mol. The van der Waals surface area contributed by atoms with Gasteiger partial charge in [-0.15, -0.1) is 6.58 Å². The molecule has 6 rings (SSSR count). The maximum absolute atomic E-state index is 14.2. The number of carbonyl (C=O) groups excluding carboxylic acids is 1. The number of phenolic OH excluding ortho intramolecular Hbond substituents is 1. The number of esters is 1. The summed E-state index contributed by atoms with van der Waals surface area (Å²) < 4.78 is 42.4. The van der Waals surface area contributed by atoms with E-state index in [1.165, 1.54) is 13.0 Å². The van der Waals surface area contributed by atoms with Crippen LogP contribution in [0.15, 0.2) is 49.1 Å². The number of likely N-dealkylation sites (tertiary alicyclic amines) is 1. The Balaban J connectivity index is 1.48. The Bertz CT molecular complexity index is 1460. The summed E-state index contributed by atoms with van der Waals surface area (Å²) in [6.07, 6.45) is 4.44. The molecule has 2 aliphatic carbocycles. The number of hydrogen-bond donors (Lipinski definition) is 1. The molecule has 9 heteroatoms. The molecule has 2 fully saturated rings. The number of carbonyl (C=O) groups is 1. The zero-order valence-corrected chi connectivity index (χ0v) is 24.9. The van der Waals surface area contributed by atoms with Gasteiger partial charge < -0.3 is 14.6 Å². The van der Waals surface area contributed by atoms with E-state index in [0.29, 0.717) is 30.9 Å². The molecule has 2 heterocycles. The summed E-state index contributed by atoms with van der Waals surface area (Å²) in [6.45, 7) is 11.4. The van der Waals surface area contributed by atoms with Crippen LogP contribution in [0, 0.1) is 11.8 Å². The molecule has 2 bridgehead atoms. The average Bonchev–Trinajstić information content (AvgIpc) is 3.25. The summed E-state index contributed by atoms with van der Waals surface area (Å²) in [4.78, 5) is 14.5. The van der Waals surface area contributed by atoms with Crippen molar-refractivity contribution in [3.63, 3.8) is 0 Å². The van der Waals surface area contributed by atoms with Crippen LogP contribution >= 0.6 is 0 Å². The van der Waals surface area contributed by atoms with Crippen LogP contribution in [0.2, 0.25) is 0 Å². The maximum Gasteiger partial charge on any atom is 0.308 e. The van der Waals surface area contributed by atoms with E-state index in [-0.39, 0.29) is 35.4 Å². The molecule has 2 aromatic carbocycles. The molecule has 1 saturated carbocycles. The van der Waals surface area contributed by atoms with Crippen molar-refractivity contribution in [3.05, 3.63) is 65.7 Å². The fourth-order valence-electron chi connectivity index (χ4n) is 8.27. The summed E-state index contributed by atoms with van der Waals surface area (Å²) in [5.41, 5.74) is 2.09. The number of piperidine rings is 1. The molecule has 41 heavy (non-hydrogen) atoms. The van der Waals surface area contributed by atoms with Gasteiger partial charge in [0.25, 0.3) is 0 Å². The molecule has 1 N–H and O–H groups in total. The van der Waals surface area contributed by atoms with Gasteiger partial charge >= 0.3 is 5.97 Å². The lowest BCUT2D eigenvalue weighted by Crippen LogP contribution is -2.69. The van der Waals surface area contributed by atoms with Crippen LogP contribution in [0.3, 0.4) is 0 Å². The number of ether oxygens (including phenoxy) is 2. The Labute approximate surface area is 243 Å². The number of phenols is 1. The standard InChI is InChI=1S/C32H40N2O6S/c1-5-14-33-15-13-32-24-11-12-25(34(18-20(2)3)41(37,38)19-22-9-7-6-8-10-22)31(32)40-30-27(36)17-28(39-21(4)35)23(29(30)32)16-26(24)33/h5-10,17,20,24-26,31,36H,1,11-16,18-19H2,2-4H3/t24-,25-,26+,31-,32-/m0/s1. The Kier molecular flexibility index (Phi) is 7.19. The smallest absolute Gasteiger partial charge is 0.308 e. The van der Waals surface area contributed by atoms with Crippen molar-refractivity contribution in [2.24, 2.45) is 11.8 Å². The van der Waals surface area contributed by atoms with Crippen molar-refractivity contribution in [2.45, 2.75) is 75.8 Å². The third-order valence-electron chi connectivity index (χ3n) is 9.57. The summed E-state index contributed by atoms with van der Waals surface area (Å²) in [5.74, 6) is 0.563. The molecule has 220 valence electrons. The Morgan fingerprint density at radius 3 is 2.73 bits per heavy atom. The lowest BCUT2D eigenvalue weighted by Gasteiger charge is -2.60. The van der Waals surface area contributed by atoms with Crippen LogP contribution in [0.5, 0.6) is 17.2 Å². The molecule has 2 aliphatic heterocycles. The van der Waals surface area contributed by atoms with Crippen molar-refractivity contribution in [2.75, 3.05) is 19.6 Å². The molecule has 8 nitrogen and oxygen atoms in total. The first kappa shape index (κ1) is 28.2. The van der Waals surface area contributed by atoms with Gasteiger partial charge in [-0.05, 0) is 49.6 Å². The zero-order valence-electron chi connectivity index (χ0n) is 24.1. The molecule has 4 aliphatic rings. The Morgan fingerprint density at radius 2 is 2.05 bits per heavy atom. The molecule has 1 spiro atoms. The number of benzene rings is 2. The van der Waals surface area contributed by atoms with E-state index in [0.717, 1.165) is 42.6 Å². The quantitative estimate of drug-likeness (QED) is 0.267. The van der Waals surface area contributed by atoms with E-state index in [9.17, 15) is 18.3 Å². The molecule has 5 atom stereocenters. The van der Waals surface area contributed by atoms with Gasteiger partial charge in [0.05, 0.1) is 11.8 Å². The third-order valence-corrected chi connectivity index (χ3v) is 11.4. The highest BCUT2D eigenvalue weighted by molar-refractivity contribution is 7.88. The van der Waals surface area contributed by atoms with Gasteiger partial charge in [-0.3, -0.25) is 9.69 Å². The monoisotopic (exact) mass is 580 g/mol. The van der Waals surface area contributed by atoms with E-state index in [2.05, 4.69) is 11.5 Å². The normalized spacial score (nSPS) is 28.3. The first-order valence-electron chi connectivity index (χ1n) is 14.7. The first-order valence-corrected chi connectivity index (χ1v) is 16.3. The van der Waals surface area contributed by atoms with E-state index < -0.39 is 27.5 Å². The van der Waals surface area contributed by atoms with Gasteiger partial charge in [-0.1, -0.05) is 50.3 Å². The molecular weight excluding hydrogens is 540 g/mol. The van der Waals surface area contributed by atoms with E-state index in [4.69, 9.17) is 9.47 Å². The van der Waals surface area contributed by atoms with Gasteiger partial charge in [-0.2, -0.15) is 4.31 Å². The van der Waals surface area contributed by atoms with Crippen LogP contribution in [0.25, 0.3) is 0 Å². The zero-order chi connectivity index (χ0) is 29.1. The molecule has 0 aromatic heterocycles. The Hall–Kier alpha value is -2.88. The first-order chi connectivity index (χ1) is 19.6. The topological polar surface area (TPSA) is 96.4 Å². The molecule has 0 amide bonds. The van der Waals surface area contributed by atoms with Crippen LogP contribution in [0.1, 0.15) is 56.7 Å². The fourth-order valence-corrected chi connectivity index (χ4v) is 10.2. The number of nitrogens with zero attached hydrogens (tertiary/aromatic N) is 2. The van der Waals surface area contributed by atoms with Gasteiger partial charge in [-0.25, -0.2) is 8.42 Å². The average molecular weight is 581 g/mol. The second-order valence-corrected chi connectivity index (χ2v) is 14.4. The van der Waals surface area contributed by atoms with Gasteiger partial charge in [0.15, 0.2) is 11.5 Å². The minimum atomic E-state index is -3.69. The summed E-state index contributed by atoms with van der Waals surface area (Å²) >= 11 is 0. The molecule has 2 aromatic rings. The Morgan fingerprint density at radius 1 is 1.29 bits per heavy atom. The van der Waals surface area contributed by atoms with Crippen molar-refractivity contribution >= 4 is 16.0 Å². The second-order valence-electron chi connectivity index (χ2n) is 12.5. The predicted octanol–water partition coefficient (Wildman–Crippen LogP) is 4.40. The number of sulfonamides is 1. The molecule has 1 saturated heterocycles. The van der Waals surface area contributed by atoms with Crippen LogP contribution < -0.4 is 9.47 Å². The molecular formula is C32H40N2O6S. The fraction of sp³-hybridized carbons (Fsp3) is 0.531. The summed E-state index contributed by atoms with van der Waals surface area (Å²) in [5, 5.41) is 11.2. The lowest BCUT2D eigenvalue weighted by molar-refractivity contribution is -0.132. The summed E-state index contributed by atoms with van der Waals surface area (Å²) in [7, 11) is -3.69. The lowest BCUT2D eigenvalue weighted by atomic mass is 9.51. The minimum Gasteiger partial charge on any atom is -0.504 e. The molecule has 0 radical (unpaired) electrons. The van der Waals surface area contributed by atoms with E-state index in [1.54, 1.807) is 4.31 Å². The van der Waals surface area contributed by atoms with E-state index >= 15 is 0 Å². The minimum absolute atomic E-state index is 0.0594. The third kappa shape index (κ3) is 4.57. The highest BCUT2D eigenvalue weighted by Crippen LogP contribution is 2.65. The van der Waals surface area contributed by atoms with Crippen molar-refractivity contribution in [1.82, 2.24) is 9.21 Å². The highest BCUT2D eigenvalue weighted by Gasteiger charge is 2.67. The maximum atomic E-state index is 14.2.